The minimum atomic E-state index is -0.738. The molecule has 2 fully saturated rings. The highest BCUT2D eigenvalue weighted by Gasteiger charge is 2.29. The quantitative estimate of drug-likeness (QED) is 0.751. The zero-order chi connectivity index (χ0) is 12.3. The molecule has 0 aliphatic carbocycles. The monoisotopic (exact) mass is 258 g/mol. The van der Waals surface area contributed by atoms with Gasteiger partial charge in [-0.15, -0.1) is 0 Å². The molecule has 2 heterocycles. The van der Waals surface area contributed by atoms with E-state index < -0.39 is 5.97 Å². The number of amides is 1. The lowest BCUT2D eigenvalue weighted by molar-refractivity contribution is -0.138. The average Bonchev–Trinajstić information content (AvgIpc) is 2.66. The van der Waals surface area contributed by atoms with Crippen molar-refractivity contribution in [2.75, 3.05) is 24.6 Å². The molecule has 2 N–H and O–H groups in total. The highest BCUT2D eigenvalue weighted by Crippen LogP contribution is 2.20. The second-order valence-corrected chi connectivity index (χ2v) is 5.77. The SMILES string of the molecule is O=C(O)CC1CSCCN1CC1CCC(=O)N1. The first-order valence-corrected chi connectivity index (χ1v) is 7.13. The van der Waals surface area contributed by atoms with Gasteiger partial charge in [-0.2, -0.15) is 11.8 Å². The fourth-order valence-corrected chi connectivity index (χ4v) is 3.55. The number of thioether (sulfide) groups is 1. The molecule has 2 atom stereocenters. The normalized spacial score (nSPS) is 30.2. The van der Waals surface area contributed by atoms with E-state index in [9.17, 15) is 9.59 Å². The molecular formula is C11H18N2O3S. The molecule has 6 heteroatoms. The third-order valence-electron chi connectivity index (χ3n) is 3.30. The Labute approximate surface area is 105 Å². The number of hydrogen-bond acceptors (Lipinski definition) is 4. The van der Waals surface area contributed by atoms with E-state index in [2.05, 4.69) is 10.2 Å². The van der Waals surface area contributed by atoms with Gasteiger partial charge in [0.05, 0.1) is 6.42 Å². The first-order chi connectivity index (χ1) is 8.15. The van der Waals surface area contributed by atoms with E-state index in [1.165, 1.54) is 0 Å². The number of hydrogen-bond donors (Lipinski definition) is 2. The Morgan fingerprint density at radius 1 is 1.59 bits per heavy atom. The maximum absolute atomic E-state index is 11.1. The summed E-state index contributed by atoms with van der Waals surface area (Å²) < 4.78 is 0. The number of nitrogens with zero attached hydrogens (tertiary/aromatic N) is 1. The van der Waals surface area contributed by atoms with Gasteiger partial charge in [-0.1, -0.05) is 0 Å². The summed E-state index contributed by atoms with van der Waals surface area (Å²) in [6.45, 7) is 1.72. The van der Waals surface area contributed by atoms with E-state index in [0.29, 0.717) is 6.42 Å². The molecule has 0 spiro atoms. The van der Waals surface area contributed by atoms with Crippen LogP contribution in [-0.2, 0) is 9.59 Å². The fraction of sp³-hybridized carbons (Fsp3) is 0.818. The zero-order valence-corrected chi connectivity index (χ0v) is 10.5. The van der Waals surface area contributed by atoms with Gasteiger partial charge in [-0.25, -0.2) is 0 Å². The van der Waals surface area contributed by atoms with Gasteiger partial charge in [-0.3, -0.25) is 14.5 Å². The largest absolute Gasteiger partial charge is 0.481 e. The van der Waals surface area contributed by atoms with Gasteiger partial charge in [-0.05, 0) is 6.42 Å². The summed E-state index contributed by atoms with van der Waals surface area (Å²) in [4.78, 5) is 24.1. The molecule has 2 aliphatic heterocycles. The van der Waals surface area contributed by atoms with E-state index in [1.807, 2.05) is 11.8 Å². The molecule has 1 amide bonds. The summed E-state index contributed by atoms with van der Waals surface area (Å²) in [5, 5.41) is 11.8. The smallest absolute Gasteiger partial charge is 0.304 e. The predicted octanol–water partition coefficient (Wildman–Crippen LogP) is 0.157. The number of carbonyl (C=O) groups is 2. The summed E-state index contributed by atoms with van der Waals surface area (Å²) >= 11 is 1.81. The molecule has 0 aromatic rings. The Hall–Kier alpha value is -0.750. The number of aliphatic carboxylic acids is 1. The molecule has 0 bridgehead atoms. The molecule has 5 nitrogen and oxygen atoms in total. The van der Waals surface area contributed by atoms with Gasteiger partial charge >= 0.3 is 5.97 Å². The van der Waals surface area contributed by atoms with Crippen LogP contribution in [-0.4, -0.2) is 58.6 Å². The summed E-state index contributed by atoms with van der Waals surface area (Å²) in [5.74, 6) is 1.32. The lowest BCUT2D eigenvalue weighted by Gasteiger charge is -2.36. The number of carboxylic acids is 1. The van der Waals surface area contributed by atoms with Gasteiger partial charge in [0, 0.05) is 43.1 Å². The van der Waals surface area contributed by atoms with E-state index in [0.717, 1.165) is 31.0 Å². The second kappa shape index (κ2) is 5.73. The van der Waals surface area contributed by atoms with Gasteiger partial charge in [0.1, 0.15) is 0 Å². The number of nitrogens with one attached hydrogen (secondary N) is 1. The summed E-state index contributed by atoms with van der Waals surface area (Å²) in [6.07, 6.45) is 1.69. The van der Waals surface area contributed by atoms with Crippen LogP contribution in [0.2, 0.25) is 0 Å². The Morgan fingerprint density at radius 3 is 3.06 bits per heavy atom. The Kier molecular flexibility index (Phi) is 4.28. The van der Waals surface area contributed by atoms with Crippen LogP contribution in [0.15, 0.2) is 0 Å². The van der Waals surface area contributed by atoms with Crippen LogP contribution < -0.4 is 5.32 Å². The van der Waals surface area contributed by atoms with E-state index in [4.69, 9.17) is 5.11 Å². The van der Waals surface area contributed by atoms with Crippen molar-refractivity contribution >= 4 is 23.6 Å². The molecule has 0 radical (unpaired) electrons. The van der Waals surface area contributed by atoms with Crippen LogP contribution in [0.1, 0.15) is 19.3 Å². The van der Waals surface area contributed by atoms with Crippen molar-refractivity contribution in [2.45, 2.75) is 31.3 Å². The van der Waals surface area contributed by atoms with Crippen LogP contribution in [0.3, 0.4) is 0 Å². The first-order valence-electron chi connectivity index (χ1n) is 5.98. The molecule has 17 heavy (non-hydrogen) atoms. The van der Waals surface area contributed by atoms with Gasteiger partial charge < -0.3 is 10.4 Å². The molecule has 0 saturated carbocycles. The Morgan fingerprint density at radius 2 is 2.41 bits per heavy atom. The molecule has 0 aromatic carbocycles. The number of carboxylic acid groups (broad SMARTS) is 1. The van der Waals surface area contributed by atoms with Crippen LogP contribution in [0, 0.1) is 0 Å². The van der Waals surface area contributed by atoms with Crippen LogP contribution >= 0.6 is 11.8 Å². The molecule has 2 aliphatic rings. The van der Waals surface area contributed by atoms with Crippen molar-refractivity contribution in [3.05, 3.63) is 0 Å². The standard InChI is InChI=1S/C11H18N2O3S/c14-10-2-1-8(12-10)6-13-3-4-17-7-9(13)5-11(15)16/h8-9H,1-7H2,(H,12,14)(H,15,16). The predicted molar refractivity (Wildman–Crippen MR) is 66.1 cm³/mol. The molecule has 2 rings (SSSR count). The molecule has 96 valence electrons. The lowest BCUT2D eigenvalue weighted by atomic mass is 10.1. The second-order valence-electron chi connectivity index (χ2n) is 4.62. The van der Waals surface area contributed by atoms with Crippen molar-refractivity contribution < 1.29 is 14.7 Å². The minimum Gasteiger partial charge on any atom is -0.481 e. The van der Waals surface area contributed by atoms with Crippen LogP contribution in [0.4, 0.5) is 0 Å². The summed E-state index contributed by atoms with van der Waals surface area (Å²) in [7, 11) is 0. The van der Waals surface area contributed by atoms with Crippen molar-refractivity contribution in [1.82, 2.24) is 10.2 Å². The minimum absolute atomic E-state index is 0.115. The molecule has 2 saturated heterocycles. The molecule has 2 unspecified atom stereocenters. The number of rotatable bonds is 4. The average molecular weight is 258 g/mol. The fourth-order valence-electron chi connectivity index (χ4n) is 2.42. The Balaban J connectivity index is 1.87. The van der Waals surface area contributed by atoms with Crippen molar-refractivity contribution in [3.8, 4) is 0 Å². The van der Waals surface area contributed by atoms with E-state index in [-0.39, 0.29) is 24.4 Å². The molecular weight excluding hydrogens is 240 g/mol. The van der Waals surface area contributed by atoms with Crippen molar-refractivity contribution in [2.24, 2.45) is 0 Å². The first kappa shape index (κ1) is 12.7. The van der Waals surface area contributed by atoms with Crippen LogP contribution in [0.5, 0.6) is 0 Å². The topological polar surface area (TPSA) is 69.6 Å². The van der Waals surface area contributed by atoms with Crippen molar-refractivity contribution in [3.63, 3.8) is 0 Å². The van der Waals surface area contributed by atoms with Gasteiger partial charge in [0.25, 0.3) is 0 Å². The Bertz CT molecular complexity index is 311. The summed E-state index contributed by atoms with van der Waals surface area (Å²) in [6, 6.07) is 0.325. The number of carbonyl (C=O) groups excluding carboxylic acids is 1. The zero-order valence-electron chi connectivity index (χ0n) is 9.72. The van der Waals surface area contributed by atoms with Crippen molar-refractivity contribution in [1.29, 1.82) is 0 Å². The van der Waals surface area contributed by atoms with Gasteiger partial charge in [0.15, 0.2) is 0 Å². The van der Waals surface area contributed by atoms with Gasteiger partial charge in [0.2, 0.25) is 5.91 Å². The summed E-state index contributed by atoms with van der Waals surface area (Å²) in [5.41, 5.74) is 0. The van der Waals surface area contributed by atoms with E-state index in [1.54, 1.807) is 0 Å². The maximum Gasteiger partial charge on any atom is 0.304 e. The molecule has 0 aromatic heterocycles. The lowest BCUT2D eigenvalue weighted by Crippen LogP contribution is -2.49. The van der Waals surface area contributed by atoms with E-state index >= 15 is 0 Å². The van der Waals surface area contributed by atoms with Crippen LogP contribution in [0.25, 0.3) is 0 Å². The highest BCUT2D eigenvalue weighted by atomic mass is 32.2. The third-order valence-corrected chi connectivity index (χ3v) is 4.39. The third kappa shape index (κ3) is 3.61. The highest BCUT2D eigenvalue weighted by molar-refractivity contribution is 7.99. The maximum atomic E-state index is 11.1.